The third kappa shape index (κ3) is 4.10. The molecule has 0 bridgehead atoms. The third-order valence-corrected chi connectivity index (χ3v) is 0.878. The molecule has 0 fully saturated rings. The average molecular weight is 147 g/mol. The molecule has 0 aliphatic rings. The van der Waals surface area contributed by atoms with Gasteiger partial charge in [-0.15, -0.1) is 0 Å². The van der Waals surface area contributed by atoms with E-state index in [2.05, 4.69) is 0 Å². The summed E-state index contributed by atoms with van der Waals surface area (Å²) in [5.74, 6) is 0. The Morgan fingerprint density at radius 1 is 1.62 bits per heavy atom. The summed E-state index contributed by atoms with van der Waals surface area (Å²) >= 11 is -3.27. The van der Waals surface area contributed by atoms with Crippen LogP contribution in [0.5, 0.6) is 0 Å². The Labute approximate surface area is 47.9 Å². The van der Waals surface area contributed by atoms with Crippen LogP contribution in [0.3, 0.4) is 0 Å². The molecule has 0 aromatic heterocycles. The first-order valence-corrected chi connectivity index (χ1v) is 2.49. The van der Waals surface area contributed by atoms with Gasteiger partial charge in [-0.2, -0.15) is 8.78 Å². The van der Waals surface area contributed by atoms with Gasteiger partial charge >= 0.3 is 5.25 Å². The summed E-state index contributed by atoms with van der Waals surface area (Å²) in [5.41, 5.74) is 0. The zero-order valence-electron chi connectivity index (χ0n) is 4.48. The second-order valence-electron chi connectivity index (χ2n) is 1.04. The van der Waals surface area contributed by atoms with E-state index in [4.69, 9.17) is 0 Å². The Bertz CT molecular complexity index is 90.5. The van der Waals surface area contributed by atoms with Crippen LogP contribution in [-0.2, 0) is 11.1 Å². The molecular formula is C2H7F2NO2S. The van der Waals surface area contributed by atoms with E-state index in [1.54, 1.807) is 0 Å². The first-order valence-electron chi connectivity index (χ1n) is 1.42. The van der Waals surface area contributed by atoms with Gasteiger partial charge < -0.3 is 10.7 Å². The normalized spacial score (nSPS) is 14.5. The molecular weight excluding hydrogens is 140 g/mol. The van der Waals surface area contributed by atoms with Crippen LogP contribution in [0.1, 0.15) is 6.92 Å². The smallest absolute Gasteiger partial charge is 0.306 e. The predicted molar refractivity (Wildman–Crippen MR) is 25.5 cm³/mol. The fraction of sp³-hybridized carbons (Fsp3) is 1.00. The summed E-state index contributed by atoms with van der Waals surface area (Å²) in [6, 6.07) is 0. The highest BCUT2D eigenvalue weighted by molar-refractivity contribution is 7.80. The molecule has 1 unspecified atom stereocenters. The molecule has 52 valence electrons. The van der Waals surface area contributed by atoms with Crippen molar-refractivity contribution < 1.29 is 17.5 Å². The molecule has 0 saturated carbocycles. The SMILES string of the molecule is CC(F)(F)S(=O)[O-].[NH4+]. The Morgan fingerprint density at radius 3 is 1.75 bits per heavy atom. The molecule has 1 atom stereocenters. The molecule has 0 saturated heterocycles. The lowest BCUT2D eigenvalue weighted by atomic mass is 10.9. The van der Waals surface area contributed by atoms with Crippen molar-refractivity contribution in [3.05, 3.63) is 0 Å². The molecule has 6 heteroatoms. The van der Waals surface area contributed by atoms with E-state index in [1.807, 2.05) is 0 Å². The van der Waals surface area contributed by atoms with Gasteiger partial charge in [0.1, 0.15) is 0 Å². The van der Waals surface area contributed by atoms with E-state index < -0.39 is 16.3 Å². The minimum atomic E-state index is -3.58. The maximum absolute atomic E-state index is 11.2. The molecule has 0 spiro atoms. The maximum atomic E-state index is 11.2. The first kappa shape index (κ1) is 10.8. The maximum Gasteiger partial charge on any atom is 0.306 e. The van der Waals surface area contributed by atoms with Crippen LogP contribution in [0.25, 0.3) is 0 Å². The Hall–Kier alpha value is -0.0700. The lowest BCUT2D eigenvalue weighted by Gasteiger charge is -2.11. The summed E-state index contributed by atoms with van der Waals surface area (Å²) in [6.07, 6.45) is 0. The fourth-order valence-corrected chi connectivity index (χ4v) is 0. The number of hydrogen-bond acceptors (Lipinski definition) is 2. The minimum absolute atomic E-state index is 0. The zero-order valence-corrected chi connectivity index (χ0v) is 5.30. The Morgan fingerprint density at radius 2 is 1.75 bits per heavy atom. The highest BCUT2D eigenvalue weighted by Crippen LogP contribution is 2.13. The van der Waals surface area contributed by atoms with Gasteiger partial charge in [0.25, 0.3) is 0 Å². The summed E-state index contributed by atoms with van der Waals surface area (Å²) in [7, 11) is 0. The third-order valence-electron chi connectivity index (χ3n) is 0.293. The molecule has 0 heterocycles. The van der Waals surface area contributed by atoms with Gasteiger partial charge in [-0.3, -0.25) is 4.21 Å². The van der Waals surface area contributed by atoms with Gasteiger partial charge in [0.2, 0.25) is 0 Å². The van der Waals surface area contributed by atoms with Gasteiger partial charge in [-0.25, -0.2) is 0 Å². The number of rotatable bonds is 1. The van der Waals surface area contributed by atoms with Crippen LogP contribution in [0.15, 0.2) is 0 Å². The van der Waals surface area contributed by atoms with Crippen molar-refractivity contribution in [3.8, 4) is 0 Å². The molecule has 0 aliphatic heterocycles. The van der Waals surface area contributed by atoms with Crippen molar-refractivity contribution >= 4 is 11.1 Å². The summed E-state index contributed by atoms with van der Waals surface area (Å²) in [5, 5.41) is -3.58. The van der Waals surface area contributed by atoms with Crippen molar-refractivity contribution in [1.29, 1.82) is 0 Å². The molecule has 3 nitrogen and oxygen atoms in total. The average Bonchev–Trinajstić information content (AvgIpc) is 1.31. The van der Waals surface area contributed by atoms with Crippen LogP contribution in [0, 0.1) is 0 Å². The predicted octanol–water partition coefficient (Wildman–Crippen LogP) is 0.854. The molecule has 0 aliphatic carbocycles. The van der Waals surface area contributed by atoms with Crippen molar-refractivity contribution in [3.63, 3.8) is 0 Å². The topological polar surface area (TPSA) is 76.6 Å². The number of hydrogen-bond donors (Lipinski definition) is 1. The quantitative estimate of drug-likeness (QED) is 0.558. The van der Waals surface area contributed by atoms with Crippen LogP contribution >= 0.6 is 0 Å². The molecule has 0 amide bonds. The standard InChI is InChI=1S/C2H4F2O2S.H3N/c1-2(3,4)7(5)6;/h1H3,(H,5,6);1H3. The molecule has 0 aromatic carbocycles. The Balaban J connectivity index is 0. The van der Waals surface area contributed by atoms with Crippen molar-refractivity contribution in [2.75, 3.05) is 0 Å². The van der Waals surface area contributed by atoms with Gasteiger partial charge in [-0.1, -0.05) is 0 Å². The van der Waals surface area contributed by atoms with Gasteiger partial charge in [0, 0.05) is 18.0 Å². The number of alkyl halides is 2. The molecule has 4 N–H and O–H groups in total. The summed E-state index contributed by atoms with van der Waals surface area (Å²) in [6.45, 7) is 0.316. The second kappa shape index (κ2) is 3.06. The highest BCUT2D eigenvalue weighted by atomic mass is 32.2. The highest BCUT2D eigenvalue weighted by Gasteiger charge is 2.21. The van der Waals surface area contributed by atoms with E-state index in [1.165, 1.54) is 0 Å². The van der Waals surface area contributed by atoms with E-state index in [9.17, 15) is 17.5 Å². The van der Waals surface area contributed by atoms with Crippen LogP contribution in [0.2, 0.25) is 0 Å². The van der Waals surface area contributed by atoms with E-state index in [-0.39, 0.29) is 6.15 Å². The number of halogens is 2. The molecule has 0 aromatic rings. The molecule has 8 heavy (non-hydrogen) atoms. The second-order valence-corrected chi connectivity index (χ2v) is 2.23. The first-order chi connectivity index (χ1) is 2.94. The molecule has 0 rings (SSSR count). The van der Waals surface area contributed by atoms with Crippen LogP contribution < -0.4 is 6.15 Å². The van der Waals surface area contributed by atoms with Crippen molar-refractivity contribution in [2.24, 2.45) is 0 Å². The van der Waals surface area contributed by atoms with Gasteiger partial charge in [-0.05, 0) is 0 Å². The largest absolute Gasteiger partial charge is 0.768 e. The minimum Gasteiger partial charge on any atom is -0.768 e. The van der Waals surface area contributed by atoms with Gasteiger partial charge in [0.15, 0.2) is 0 Å². The van der Waals surface area contributed by atoms with Crippen molar-refractivity contribution in [2.45, 2.75) is 12.2 Å². The summed E-state index contributed by atoms with van der Waals surface area (Å²) in [4.78, 5) is 0. The molecule has 0 radical (unpaired) electrons. The lowest BCUT2D eigenvalue weighted by molar-refractivity contribution is 0.111. The van der Waals surface area contributed by atoms with E-state index in [0.717, 1.165) is 0 Å². The fourth-order valence-electron chi connectivity index (χ4n) is 0. The van der Waals surface area contributed by atoms with Crippen molar-refractivity contribution in [1.82, 2.24) is 6.15 Å². The Kier molecular flexibility index (Phi) is 4.14. The lowest BCUT2D eigenvalue weighted by Crippen LogP contribution is -2.16. The van der Waals surface area contributed by atoms with Crippen LogP contribution in [0.4, 0.5) is 8.78 Å². The zero-order chi connectivity index (χ0) is 6.08. The number of quaternary nitrogens is 1. The van der Waals surface area contributed by atoms with E-state index >= 15 is 0 Å². The monoisotopic (exact) mass is 147 g/mol. The van der Waals surface area contributed by atoms with Gasteiger partial charge in [0.05, 0.1) is 0 Å². The summed E-state index contributed by atoms with van der Waals surface area (Å²) < 4.78 is 41.0. The van der Waals surface area contributed by atoms with E-state index in [0.29, 0.717) is 6.92 Å². The van der Waals surface area contributed by atoms with Crippen LogP contribution in [-0.4, -0.2) is 14.0 Å².